The van der Waals surface area contributed by atoms with E-state index in [1.165, 1.54) is 24.3 Å². The smallest absolute Gasteiger partial charge is 0.255 e. The van der Waals surface area contributed by atoms with Gasteiger partial charge in [0, 0.05) is 22.4 Å². The number of hydrogen-bond acceptors (Lipinski definition) is 6. The van der Waals surface area contributed by atoms with Crippen LogP contribution in [0.15, 0.2) is 60.7 Å². The Balaban J connectivity index is 1.70. The molecule has 0 aliphatic carbocycles. The molecule has 0 aromatic heterocycles. The van der Waals surface area contributed by atoms with Gasteiger partial charge in [0.1, 0.15) is 19.0 Å². The maximum absolute atomic E-state index is 12.8. The molecule has 0 saturated heterocycles. The second-order valence-electron chi connectivity index (χ2n) is 7.20. The van der Waals surface area contributed by atoms with Crippen molar-refractivity contribution >= 4 is 35.0 Å². The molecule has 35 heavy (non-hydrogen) atoms. The Labute approximate surface area is 206 Å². The molecule has 9 nitrogen and oxygen atoms in total. The van der Waals surface area contributed by atoms with E-state index in [1.807, 2.05) is 12.1 Å². The molecule has 0 radical (unpaired) electrons. The molecule has 0 atom stereocenters. The largest absolute Gasteiger partial charge is 0.490 e. The first-order chi connectivity index (χ1) is 16.8. The summed E-state index contributed by atoms with van der Waals surface area (Å²) >= 11 is 6.07. The van der Waals surface area contributed by atoms with Crippen LogP contribution in [-0.2, 0) is 0 Å². The van der Waals surface area contributed by atoms with Gasteiger partial charge < -0.3 is 31.0 Å². The average Bonchev–Trinajstić information content (AvgIpc) is 2.83. The summed E-state index contributed by atoms with van der Waals surface area (Å²) in [6, 6.07) is 15.8. The van der Waals surface area contributed by atoms with Crippen molar-refractivity contribution < 1.29 is 28.6 Å². The fourth-order valence-electron chi connectivity index (χ4n) is 3.09. The Morgan fingerprint density at radius 2 is 1.40 bits per heavy atom. The summed E-state index contributed by atoms with van der Waals surface area (Å²) in [5.41, 5.74) is 11.1. The van der Waals surface area contributed by atoms with Crippen LogP contribution >= 0.6 is 11.6 Å². The molecule has 3 aromatic carbocycles. The maximum Gasteiger partial charge on any atom is 0.255 e. The normalized spacial score (nSPS) is 10.3. The number of primary amides is 2. The Hall–Kier alpha value is -4.24. The number of para-hydroxylation sites is 1. The predicted molar refractivity (Wildman–Crippen MR) is 131 cm³/mol. The third kappa shape index (κ3) is 6.87. The number of ether oxygens (including phenoxy) is 3. The zero-order valence-corrected chi connectivity index (χ0v) is 19.6. The number of nitrogens with two attached hydrogens (primary N) is 2. The van der Waals surface area contributed by atoms with Gasteiger partial charge in [0.05, 0.1) is 11.6 Å². The molecule has 3 amide bonds. The third-order valence-electron chi connectivity index (χ3n) is 4.70. The van der Waals surface area contributed by atoms with Gasteiger partial charge in [-0.1, -0.05) is 23.7 Å². The van der Waals surface area contributed by atoms with Crippen LogP contribution in [0, 0.1) is 0 Å². The van der Waals surface area contributed by atoms with Crippen LogP contribution in [0.4, 0.5) is 5.69 Å². The molecule has 0 spiro atoms. The van der Waals surface area contributed by atoms with E-state index in [0.717, 1.165) is 0 Å². The zero-order valence-electron chi connectivity index (χ0n) is 18.9. The Morgan fingerprint density at radius 3 is 2.00 bits per heavy atom. The summed E-state index contributed by atoms with van der Waals surface area (Å²) < 4.78 is 17.0. The van der Waals surface area contributed by atoms with Gasteiger partial charge in [0.25, 0.3) is 5.91 Å². The molecule has 0 unspecified atom stereocenters. The van der Waals surface area contributed by atoms with Crippen LogP contribution in [0.3, 0.4) is 0 Å². The summed E-state index contributed by atoms with van der Waals surface area (Å²) in [5, 5.41) is 3.13. The number of anilines is 1. The number of rotatable bonds is 11. The number of nitrogens with one attached hydrogen (secondary N) is 1. The number of amides is 3. The first-order valence-electron chi connectivity index (χ1n) is 10.6. The van der Waals surface area contributed by atoms with Crippen molar-refractivity contribution in [2.24, 2.45) is 11.5 Å². The average molecular weight is 498 g/mol. The minimum atomic E-state index is -0.762. The Morgan fingerprint density at radius 1 is 0.771 bits per heavy atom. The van der Waals surface area contributed by atoms with Gasteiger partial charge in [-0.15, -0.1) is 0 Å². The lowest BCUT2D eigenvalue weighted by atomic mass is 10.1. The molecule has 5 N–H and O–H groups in total. The molecule has 182 valence electrons. The summed E-state index contributed by atoms with van der Waals surface area (Å²) in [7, 11) is 0. The highest BCUT2D eigenvalue weighted by molar-refractivity contribution is 6.32. The lowest BCUT2D eigenvalue weighted by Crippen LogP contribution is -2.18. The highest BCUT2D eigenvalue weighted by Gasteiger charge is 2.15. The number of halogens is 1. The highest BCUT2D eigenvalue weighted by atomic mass is 35.5. The molecule has 0 saturated carbocycles. The second-order valence-corrected chi connectivity index (χ2v) is 7.61. The topological polar surface area (TPSA) is 143 Å². The molecule has 0 heterocycles. The van der Waals surface area contributed by atoms with Crippen molar-refractivity contribution in [3.8, 4) is 17.2 Å². The van der Waals surface area contributed by atoms with Crippen molar-refractivity contribution in [3.05, 3.63) is 82.4 Å². The Kier molecular flexibility index (Phi) is 8.53. The summed E-state index contributed by atoms with van der Waals surface area (Å²) in [4.78, 5) is 35.9. The molecule has 0 bridgehead atoms. The fourth-order valence-corrected chi connectivity index (χ4v) is 3.28. The molecule has 0 aliphatic heterocycles. The van der Waals surface area contributed by atoms with E-state index in [0.29, 0.717) is 28.9 Å². The molecule has 3 aromatic rings. The molecule has 3 rings (SSSR count). The van der Waals surface area contributed by atoms with Crippen molar-refractivity contribution in [2.75, 3.05) is 25.1 Å². The van der Waals surface area contributed by atoms with Gasteiger partial charge in [-0.3, -0.25) is 14.4 Å². The lowest BCUT2D eigenvalue weighted by Gasteiger charge is -2.14. The quantitative estimate of drug-likeness (QED) is 0.345. The first-order valence-corrected chi connectivity index (χ1v) is 11.0. The van der Waals surface area contributed by atoms with Crippen LogP contribution in [0.25, 0.3) is 0 Å². The zero-order chi connectivity index (χ0) is 25.4. The van der Waals surface area contributed by atoms with Gasteiger partial charge in [0.15, 0.2) is 11.5 Å². The third-order valence-corrected chi connectivity index (χ3v) is 5.01. The summed E-state index contributed by atoms with van der Waals surface area (Å²) in [5.74, 6) is -0.685. The van der Waals surface area contributed by atoms with E-state index in [2.05, 4.69) is 5.32 Å². The van der Waals surface area contributed by atoms with Crippen molar-refractivity contribution in [1.82, 2.24) is 0 Å². The summed E-state index contributed by atoms with van der Waals surface area (Å²) in [6.07, 6.45) is 0. The van der Waals surface area contributed by atoms with Crippen LogP contribution in [0.2, 0.25) is 5.02 Å². The van der Waals surface area contributed by atoms with E-state index in [1.54, 1.807) is 31.2 Å². The van der Waals surface area contributed by atoms with Crippen molar-refractivity contribution in [1.29, 1.82) is 0 Å². The number of benzene rings is 3. The molecule has 10 heteroatoms. The number of carbonyl (C=O) groups is 3. The van der Waals surface area contributed by atoms with Crippen LogP contribution < -0.4 is 31.0 Å². The van der Waals surface area contributed by atoms with Crippen LogP contribution in [-0.4, -0.2) is 37.5 Å². The monoisotopic (exact) mass is 497 g/mol. The van der Waals surface area contributed by atoms with Crippen LogP contribution in [0.5, 0.6) is 17.2 Å². The van der Waals surface area contributed by atoms with Crippen molar-refractivity contribution in [2.45, 2.75) is 6.92 Å². The molecular formula is C25H24ClN3O6. The molecule has 0 aliphatic rings. The van der Waals surface area contributed by atoms with Gasteiger partial charge in [-0.2, -0.15) is 0 Å². The number of hydrogen-bond donors (Lipinski definition) is 3. The van der Waals surface area contributed by atoms with E-state index in [-0.39, 0.29) is 35.6 Å². The van der Waals surface area contributed by atoms with E-state index in [4.69, 9.17) is 37.3 Å². The molecular weight excluding hydrogens is 474 g/mol. The van der Waals surface area contributed by atoms with E-state index < -0.39 is 17.7 Å². The number of carbonyl (C=O) groups excluding carboxylic acids is 3. The van der Waals surface area contributed by atoms with E-state index in [9.17, 15) is 14.4 Å². The van der Waals surface area contributed by atoms with Gasteiger partial charge in [-0.05, 0) is 55.5 Å². The maximum atomic E-state index is 12.8. The summed E-state index contributed by atoms with van der Waals surface area (Å²) in [6.45, 7) is 2.61. The minimum Gasteiger partial charge on any atom is -0.490 e. The fraction of sp³-hybridized carbons (Fsp3) is 0.160. The van der Waals surface area contributed by atoms with Gasteiger partial charge in [-0.25, -0.2) is 0 Å². The Bertz CT molecular complexity index is 1220. The lowest BCUT2D eigenvalue weighted by molar-refractivity contribution is 0.0994. The molecule has 0 fully saturated rings. The predicted octanol–water partition coefficient (Wildman–Crippen LogP) is 3.65. The minimum absolute atomic E-state index is 0.0364. The second kappa shape index (κ2) is 11.8. The standard InChI is InChI=1S/C25H24ClN3O6/c1-2-33-22-14-15(7-8-21(22)35-10-9-34-20-6-4-3-5-19(20)26)25(32)29-18-12-16(23(27)30)11-17(13-18)24(28)31/h3-8,11-14H,2,9-10H2,1H3,(H2,27,30)(H2,28,31)(H,29,32). The van der Waals surface area contributed by atoms with Crippen LogP contribution in [0.1, 0.15) is 38.0 Å². The van der Waals surface area contributed by atoms with Gasteiger partial charge >= 0.3 is 0 Å². The van der Waals surface area contributed by atoms with Crippen molar-refractivity contribution in [3.63, 3.8) is 0 Å². The van der Waals surface area contributed by atoms with E-state index >= 15 is 0 Å². The first kappa shape index (κ1) is 25.4. The highest BCUT2D eigenvalue weighted by Crippen LogP contribution is 2.29. The SMILES string of the molecule is CCOc1cc(C(=O)Nc2cc(C(N)=O)cc(C(N)=O)c2)ccc1OCCOc1ccccc1Cl. The van der Waals surface area contributed by atoms with Gasteiger partial charge in [0.2, 0.25) is 11.8 Å².